The number of nitrogens with zero attached hydrogens (tertiary/aromatic N) is 4. The summed E-state index contributed by atoms with van der Waals surface area (Å²) in [5.74, 6) is -0.374. The summed E-state index contributed by atoms with van der Waals surface area (Å²) in [4.78, 5) is 15.1. The van der Waals surface area contributed by atoms with Crippen molar-refractivity contribution in [3.8, 4) is 0 Å². The van der Waals surface area contributed by atoms with E-state index in [1.165, 1.54) is 0 Å². The van der Waals surface area contributed by atoms with Gasteiger partial charge in [-0.05, 0) is 13.0 Å². The summed E-state index contributed by atoms with van der Waals surface area (Å²) >= 11 is 0. The van der Waals surface area contributed by atoms with Crippen LogP contribution in [0.15, 0.2) is 17.1 Å². The number of rotatable bonds is 1. The highest BCUT2D eigenvalue weighted by Crippen LogP contribution is 2.16. The van der Waals surface area contributed by atoms with E-state index in [0.717, 1.165) is 0 Å². The van der Waals surface area contributed by atoms with Crippen LogP contribution in [-0.2, 0) is 4.79 Å². The van der Waals surface area contributed by atoms with Crippen molar-refractivity contribution in [3.63, 3.8) is 0 Å². The van der Waals surface area contributed by atoms with Gasteiger partial charge in [-0.25, -0.2) is 4.99 Å². The summed E-state index contributed by atoms with van der Waals surface area (Å²) in [5, 5.41) is 13.1. The van der Waals surface area contributed by atoms with Crippen molar-refractivity contribution in [1.29, 1.82) is 0 Å². The van der Waals surface area contributed by atoms with Gasteiger partial charge in [0.05, 0.1) is 0 Å². The third-order valence-electron chi connectivity index (χ3n) is 1.72. The number of nitrogens with one attached hydrogen (secondary N) is 1. The molecule has 1 unspecified atom stereocenters. The highest BCUT2D eigenvalue weighted by atomic mass is 16.1. The molecule has 0 aliphatic carbocycles. The third-order valence-corrected chi connectivity index (χ3v) is 1.72. The predicted molar refractivity (Wildman–Crippen MR) is 44.2 cm³/mol. The summed E-state index contributed by atoms with van der Waals surface area (Å²) in [6.45, 7) is 1.76. The number of aromatic amines is 1. The molecule has 0 radical (unpaired) electrons. The highest BCUT2D eigenvalue weighted by Gasteiger charge is 2.23. The monoisotopic (exact) mass is 177 g/mol. The summed E-state index contributed by atoms with van der Waals surface area (Å²) in [6.07, 6.45) is 3.48. The van der Waals surface area contributed by atoms with Crippen molar-refractivity contribution >= 4 is 11.6 Å². The van der Waals surface area contributed by atoms with Crippen molar-refractivity contribution in [2.75, 3.05) is 0 Å². The van der Waals surface area contributed by atoms with Crippen LogP contribution in [0.3, 0.4) is 0 Å². The van der Waals surface area contributed by atoms with Gasteiger partial charge in [0.2, 0.25) is 0 Å². The molecule has 1 amide bonds. The average Bonchev–Trinajstić information content (AvgIpc) is 2.56. The Morgan fingerprint density at radius 1 is 1.54 bits per heavy atom. The van der Waals surface area contributed by atoms with Gasteiger partial charge in [-0.1, -0.05) is 11.3 Å². The number of amides is 1. The molecule has 0 bridgehead atoms. The van der Waals surface area contributed by atoms with E-state index in [-0.39, 0.29) is 5.91 Å². The topological polar surface area (TPSA) is 83.9 Å². The Hall–Kier alpha value is -1.85. The number of aliphatic imine (C=N–C) groups is 1. The van der Waals surface area contributed by atoms with Crippen LogP contribution < -0.4 is 0 Å². The normalized spacial score (nSPS) is 21.8. The molecule has 1 aliphatic heterocycles. The van der Waals surface area contributed by atoms with Gasteiger partial charge in [0.25, 0.3) is 5.91 Å². The van der Waals surface area contributed by atoms with Gasteiger partial charge < -0.3 is 0 Å². The smallest absolute Gasteiger partial charge is 0.260 e. The molecular formula is C7H7N5O. The number of allylic oxidation sites excluding steroid dienone is 1. The van der Waals surface area contributed by atoms with Crippen molar-refractivity contribution in [2.24, 2.45) is 4.99 Å². The molecule has 1 N–H and O–H groups in total. The van der Waals surface area contributed by atoms with E-state index in [2.05, 4.69) is 25.6 Å². The molecule has 6 nitrogen and oxygen atoms in total. The first-order valence-corrected chi connectivity index (χ1v) is 3.78. The zero-order valence-electron chi connectivity index (χ0n) is 6.93. The number of dihydropyridines is 1. The number of hydrogen-bond acceptors (Lipinski definition) is 4. The molecule has 0 fully saturated rings. The second-order valence-corrected chi connectivity index (χ2v) is 2.70. The maximum atomic E-state index is 11.3. The summed E-state index contributed by atoms with van der Waals surface area (Å²) in [7, 11) is 0. The molecule has 0 saturated carbocycles. The molecule has 1 aromatic rings. The molecule has 0 aromatic carbocycles. The fourth-order valence-electron chi connectivity index (χ4n) is 1.10. The van der Waals surface area contributed by atoms with Gasteiger partial charge in [0.1, 0.15) is 5.92 Å². The van der Waals surface area contributed by atoms with Crippen LogP contribution in [0, 0.1) is 0 Å². The molecule has 0 saturated heterocycles. The van der Waals surface area contributed by atoms with Gasteiger partial charge >= 0.3 is 0 Å². The van der Waals surface area contributed by atoms with Crippen LogP contribution in [0.1, 0.15) is 18.7 Å². The lowest BCUT2D eigenvalue weighted by atomic mass is 10.0. The fourth-order valence-corrected chi connectivity index (χ4v) is 1.10. The van der Waals surface area contributed by atoms with Gasteiger partial charge in [0, 0.05) is 5.71 Å². The summed E-state index contributed by atoms with van der Waals surface area (Å²) < 4.78 is 0. The van der Waals surface area contributed by atoms with Crippen LogP contribution in [0.2, 0.25) is 0 Å². The lowest BCUT2D eigenvalue weighted by Crippen LogP contribution is -2.14. The number of aromatic nitrogens is 4. The van der Waals surface area contributed by atoms with Gasteiger partial charge in [-0.15, -0.1) is 10.2 Å². The zero-order valence-corrected chi connectivity index (χ0v) is 6.93. The average molecular weight is 177 g/mol. The molecule has 13 heavy (non-hydrogen) atoms. The summed E-state index contributed by atoms with van der Waals surface area (Å²) in [6, 6.07) is 0. The van der Waals surface area contributed by atoms with Crippen LogP contribution in [0.5, 0.6) is 0 Å². The minimum atomic E-state index is -0.484. The SMILES string of the molecule is CC1=NC(=O)C(c2nn[nH]n2)C=C1. The van der Waals surface area contributed by atoms with Gasteiger partial charge in [0.15, 0.2) is 5.82 Å². The van der Waals surface area contributed by atoms with Crippen LogP contribution in [0.4, 0.5) is 0 Å². The molecular weight excluding hydrogens is 170 g/mol. The maximum absolute atomic E-state index is 11.3. The van der Waals surface area contributed by atoms with Crippen LogP contribution in [0.25, 0.3) is 0 Å². The lowest BCUT2D eigenvalue weighted by Gasteiger charge is -2.07. The van der Waals surface area contributed by atoms with Crippen LogP contribution >= 0.6 is 0 Å². The standard InChI is InChI=1S/C7H7N5O/c1-4-2-3-5(7(13)8-4)6-9-11-12-10-6/h2-3,5H,1H3,(H,9,10,11,12). The number of hydrogen-bond donors (Lipinski definition) is 1. The van der Waals surface area contributed by atoms with E-state index >= 15 is 0 Å². The minimum absolute atomic E-state index is 0.249. The molecule has 2 heterocycles. The Bertz CT molecular complexity index is 378. The first-order valence-electron chi connectivity index (χ1n) is 3.78. The van der Waals surface area contributed by atoms with Crippen LogP contribution in [-0.4, -0.2) is 32.2 Å². The summed E-state index contributed by atoms with van der Waals surface area (Å²) in [5.41, 5.74) is 0.699. The molecule has 1 aliphatic rings. The Balaban J connectivity index is 2.30. The number of tetrazole rings is 1. The fraction of sp³-hybridized carbons (Fsp3) is 0.286. The van der Waals surface area contributed by atoms with Crippen molar-refractivity contribution in [2.45, 2.75) is 12.8 Å². The van der Waals surface area contributed by atoms with Crippen molar-refractivity contribution < 1.29 is 4.79 Å². The Morgan fingerprint density at radius 3 is 3.00 bits per heavy atom. The largest absolute Gasteiger partial charge is 0.271 e. The Kier molecular flexibility index (Phi) is 1.73. The van der Waals surface area contributed by atoms with E-state index < -0.39 is 5.92 Å². The van der Waals surface area contributed by atoms with E-state index in [4.69, 9.17) is 0 Å². The molecule has 66 valence electrons. The molecule has 1 atom stereocenters. The Morgan fingerprint density at radius 2 is 2.38 bits per heavy atom. The zero-order chi connectivity index (χ0) is 9.26. The number of H-pyrrole nitrogens is 1. The van der Waals surface area contributed by atoms with E-state index in [1.54, 1.807) is 19.1 Å². The third kappa shape index (κ3) is 1.37. The number of carbonyl (C=O) groups is 1. The predicted octanol–water partition coefficient (Wildman–Crippen LogP) is -0.159. The molecule has 0 spiro atoms. The first-order chi connectivity index (χ1) is 6.27. The molecule has 2 rings (SSSR count). The Labute approximate surface area is 73.8 Å². The lowest BCUT2D eigenvalue weighted by molar-refractivity contribution is -0.118. The first kappa shape index (κ1) is 7.78. The second kappa shape index (κ2) is 2.89. The minimum Gasteiger partial charge on any atom is -0.271 e. The van der Waals surface area contributed by atoms with E-state index in [0.29, 0.717) is 11.5 Å². The maximum Gasteiger partial charge on any atom is 0.260 e. The quantitative estimate of drug-likeness (QED) is 0.646. The van der Waals surface area contributed by atoms with Gasteiger partial charge in [-0.3, -0.25) is 4.79 Å². The second-order valence-electron chi connectivity index (χ2n) is 2.70. The number of carbonyl (C=O) groups excluding carboxylic acids is 1. The van der Waals surface area contributed by atoms with Gasteiger partial charge in [-0.2, -0.15) is 5.21 Å². The molecule has 6 heteroatoms. The highest BCUT2D eigenvalue weighted by molar-refractivity contribution is 6.06. The molecule has 1 aromatic heterocycles. The van der Waals surface area contributed by atoms with Crippen molar-refractivity contribution in [3.05, 3.63) is 18.0 Å². The van der Waals surface area contributed by atoms with Crippen molar-refractivity contribution in [1.82, 2.24) is 20.6 Å². The van der Waals surface area contributed by atoms with E-state index in [9.17, 15) is 4.79 Å². The van der Waals surface area contributed by atoms with E-state index in [1.807, 2.05) is 0 Å².